The molecule has 0 radical (unpaired) electrons. The first-order valence-electron chi connectivity index (χ1n) is 12.9. The van der Waals surface area contributed by atoms with E-state index < -0.39 is 22.4 Å². The quantitative estimate of drug-likeness (QED) is 0.297. The monoisotopic (exact) mass is 598 g/mol. The zero-order valence-electron chi connectivity index (χ0n) is 22.6. The first-order chi connectivity index (χ1) is 18.5. The topological polar surface area (TPSA) is 101 Å². The third-order valence-electron chi connectivity index (χ3n) is 8.75. The van der Waals surface area contributed by atoms with Crippen LogP contribution in [0.3, 0.4) is 0 Å². The lowest BCUT2D eigenvalue weighted by Gasteiger charge is -2.34. The Hall–Kier alpha value is -3.33. The van der Waals surface area contributed by atoms with Crippen LogP contribution in [0.5, 0.6) is 11.5 Å². The molecule has 2 aliphatic rings. The average Bonchev–Trinajstić information content (AvgIpc) is 3.21. The maximum atomic E-state index is 13.6. The summed E-state index contributed by atoms with van der Waals surface area (Å²) >= 11 is 3.54. The third kappa shape index (κ3) is 4.13. The van der Waals surface area contributed by atoms with Crippen molar-refractivity contribution < 1.29 is 33.0 Å². The number of carbonyl (C=O) groups excluding carboxylic acids is 2. The second kappa shape index (κ2) is 9.70. The standard InChI is InChI=1S/C30H31BrO8/c1-6-18-14-23(32)20-8-10-24(36-15-17-13-19(35-5)7-9-22(17)31)21(25(20)38-18)16-37-27(34)30-12-11-29(4,26(33)39-30)28(30,2)3/h7-10,13-14H,6,11-12,15-16H2,1-5H3/t29-,30+/m0/s1. The molecule has 206 valence electrons. The molecule has 2 atom stereocenters. The molecule has 1 aromatic heterocycles. The molecule has 1 aliphatic heterocycles. The minimum atomic E-state index is -1.37. The number of fused-ring (bicyclic) bond motifs is 3. The highest BCUT2D eigenvalue weighted by Gasteiger charge is 2.76. The van der Waals surface area contributed by atoms with Crippen molar-refractivity contribution in [1.29, 1.82) is 0 Å². The van der Waals surface area contributed by atoms with Crippen LogP contribution in [0.2, 0.25) is 0 Å². The maximum Gasteiger partial charge on any atom is 0.351 e. The summed E-state index contributed by atoms with van der Waals surface area (Å²) in [6, 6.07) is 10.3. The van der Waals surface area contributed by atoms with Crippen molar-refractivity contribution in [2.75, 3.05) is 7.11 Å². The lowest BCUT2D eigenvalue weighted by atomic mass is 9.66. The molecule has 0 spiro atoms. The number of aryl methyl sites for hydroxylation is 1. The van der Waals surface area contributed by atoms with Crippen LogP contribution in [-0.2, 0) is 38.7 Å². The number of ether oxygens (including phenoxy) is 4. The zero-order chi connectivity index (χ0) is 28.2. The van der Waals surface area contributed by atoms with Crippen LogP contribution < -0.4 is 14.9 Å². The number of halogens is 1. The fourth-order valence-corrected chi connectivity index (χ4v) is 6.01. The Labute approximate surface area is 234 Å². The first-order valence-corrected chi connectivity index (χ1v) is 13.7. The lowest BCUT2D eigenvalue weighted by Crippen LogP contribution is -2.48. The predicted molar refractivity (Wildman–Crippen MR) is 147 cm³/mol. The van der Waals surface area contributed by atoms with Crippen molar-refractivity contribution in [3.8, 4) is 11.5 Å². The minimum Gasteiger partial charge on any atom is -0.497 e. The SMILES string of the molecule is CCc1cc(=O)c2ccc(OCc3cc(OC)ccc3Br)c(COC(=O)[C@@]34CC[C@@](C)(C(=O)O3)C4(C)C)c2o1. The van der Waals surface area contributed by atoms with Gasteiger partial charge in [0.15, 0.2) is 5.43 Å². The van der Waals surface area contributed by atoms with Gasteiger partial charge in [0.25, 0.3) is 0 Å². The molecule has 1 saturated heterocycles. The summed E-state index contributed by atoms with van der Waals surface area (Å²) in [7, 11) is 1.59. The molecule has 8 nitrogen and oxygen atoms in total. The van der Waals surface area contributed by atoms with Gasteiger partial charge < -0.3 is 23.4 Å². The van der Waals surface area contributed by atoms with E-state index in [0.717, 1.165) is 10.0 Å². The molecular weight excluding hydrogens is 568 g/mol. The highest BCUT2D eigenvalue weighted by atomic mass is 79.9. The average molecular weight is 599 g/mol. The molecule has 2 fully saturated rings. The minimum absolute atomic E-state index is 0.175. The maximum absolute atomic E-state index is 13.6. The fourth-order valence-electron chi connectivity index (χ4n) is 5.65. The Kier molecular flexibility index (Phi) is 6.77. The van der Waals surface area contributed by atoms with E-state index in [9.17, 15) is 14.4 Å². The lowest BCUT2D eigenvalue weighted by molar-refractivity contribution is -0.184. The normalized spacial score (nSPS) is 23.1. The number of rotatable bonds is 8. The summed E-state index contributed by atoms with van der Waals surface area (Å²) in [6.45, 7) is 7.42. The Bertz CT molecular complexity index is 1540. The van der Waals surface area contributed by atoms with Gasteiger partial charge in [0.1, 0.15) is 36.1 Å². The summed E-state index contributed by atoms with van der Waals surface area (Å²) in [5.41, 5.74) is -1.51. The van der Waals surface area contributed by atoms with Gasteiger partial charge in [-0.1, -0.05) is 36.7 Å². The van der Waals surface area contributed by atoms with Gasteiger partial charge in [-0.3, -0.25) is 9.59 Å². The number of esters is 2. The van der Waals surface area contributed by atoms with Gasteiger partial charge in [0.2, 0.25) is 5.60 Å². The Morgan fingerprint density at radius 1 is 1.05 bits per heavy atom. The van der Waals surface area contributed by atoms with Gasteiger partial charge in [-0.05, 0) is 50.1 Å². The van der Waals surface area contributed by atoms with E-state index in [0.29, 0.717) is 53.1 Å². The molecule has 9 heteroatoms. The molecule has 0 N–H and O–H groups in total. The Morgan fingerprint density at radius 2 is 1.82 bits per heavy atom. The summed E-state index contributed by atoms with van der Waals surface area (Å²) < 4.78 is 30.0. The largest absolute Gasteiger partial charge is 0.497 e. The third-order valence-corrected chi connectivity index (χ3v) is 9.53. The van der Waals surface area contributed by atoms with E-state index in [1.165, 1.54) is 6.07 Å². The second-order valence-electron chi connectivity index (χ2n) is 10.8. The van der Waals surface area contributed by atoms with Gasteiger partial charge in [0, 0.05) is 27.9 Å². The van der Waals surface area contributed by atoms with Crippen LogP contribution >= 0.6 is 15.9 Å². The smallest absolute Gasteiger partial charge is 0.351 e. The molecule has 2 bridgehead atoms. The van der Waals surface area contributed by atoms with Gasteiger partial charge in [0.05, 0.1) is 23.5 Å². The molecule has 2 heterocycles. The summed E-state index contributed by atoms with van der Waals surface area (Å²) in [6.07, 6.45) is 1.44. The Morgan fingerprint density at radius 3 is 2.46 bits per heavy atom. The highest BCUT2D eigenvalue weighted by Crippen LogP contribution is 2.65. The Balaban J connectivity index is 1.50. The molecule has 3 aromatic rings. The number of carbonyl (C=O) groups is 2. The summed E-state index contributed by atoms with van der Waals surface area (Å²) in [5, 5.41) is 0.354. The summed E-state index contributed by atoms with van der Waals surface area (Å²) in [5.74, 6) is 0.586. The van der Waals surface area contributed by atoms with Gasteiger partial charge in [-0.25, -0.2) is 4.79 Å². The van der Waals surface area contributed by atoms with Crippen LogP contribution in [0.15, 0.2) is 50.1 Å². The van der Waals surface area contributed by atoms with E-state index in [1.807, 2.05) is 45.9 Å². The van der Waals surface area contributed by atoms with E-state index in [1.54, 1.807) is 19.2 Å². The molecule has 0 unspecified atom stereocenters. The van der Waals surface area contributed by atoms with Crippen LogP contribution in [-0.4, -0.2) is 24.6 Å². The van der Waals surface area contributed by atoms with Crippen molar-refractivity contribution in [3.05, 3.63) is 68.0 Å². The molecule has 39 heavy (non-hydrogen) atoms. The molecular formula is C30H31BrO8. The van der Waals surface area contributed by atoms with E-state index >= 15 is 0 Å². The van der Waals surface area contributed by atoms with Gasteiger partial charge in [-0.2, -0.15) is 0 Å². The van der Waals surface area contributed by atoms with E-state index in [2.05, 4.69) is 15.9 Å². The van der Waals surface area contributed by atoms with Crippen molar-refractivity contribution in [2.45, 2.75) is 65.8 Å². The number of hydrogen-bond donors (Lipinski definition) is 0. The van der Waals surface area contributed by atoms with Crippen molar-refractivity contribution in [1.82, 2.24) is 0 Å². The molecule has 1 saturated carbocycles. The van der Waals surface area contributed by atoms with Gasteiger partial charge in [-0.15, -0.1) is 0 Å². The van der Waals surface area contributed by atoms with Crippen LogP contribution in [0.1, 0.15) is 57.4 Å². The van der Waals surface area contributed by atoms with Gasteiger partial charge >= 0.3 is 11.9 Å². The first kappa shape index (κ1) is 27.2. The second-order valence-corrected chi connectivity index (χ2v) is 11.7. The van der Waals surface area contributed by atoms with Crippen LogP contribution in [0.4, 0.5) is 0 Å². The van der Waals surface area contributed by atoms with Crippen molar-refractivity contribution in [2.24, 2.45) is 10.8 Å². The molecule has 2 aromatic carbocycles. The van der Waals surface area contributed by atoms with Crippen molar-refractivity contribution in [3.63, 3.8) is 0 Å². The van der Waals surface area contributed by atoms with Crippen LogP contribution in [0.25, 0.3) is 11.0 Å². The number of benzene rings is 2. The van der Waals surface area contributed by atoms with E-state index in [-0.39, 0.29) is 24.6 Å². The van der Waals surface area contributed by atoms with Crippen LogP contribution in [0, 0.1) is 10.8 Å². The van der Waals surface area contributed by atoms with Crippen molar-refractivity contribution >= 4 is 38.8 Å². The zero-order valence-corrected chi connectivity index (χ0v) is 24.2. The highest BCUT2D eigenvalue weighted by molar-refractivity contribution is 9.10. The number of methoxy groups -OCH3 is 1. The fraction of sp³-hybridized carbons (Fsp3) is 0.433. The summed E-state index contributed by atoms with van der Waals surface area (Å²) in [4.78, 5) is 39.1. The number of hydrogen-bond acceptors (Lipinski definition) is 8. The molecule has 5 rings (SSSR count). The molecule has 0 amide bonds. The predicted octanol–water partition coefficient (Wildman–Crippen LogP) is 5.87. The molecule has 1 aliphatic carbocycles. The van der Waals surface area contributed by atoms with E-state index in [4.69, 9.17) is 23.4 Å².